The van der Waals surface area contributed by atoms with E-state index in [0.717, 1.165) is 25.8 Å². The van der Waals surface area contributed by atoms with E-state index in [0.29, 0.717) is 12.0 Å². The third-order valence-corrected chi connectivity index (χ3v) is 4.32. The Bertz CT molecular complexity index is 458. The highest BCUT2D eigenvalue weighted by Gasteiger charge is 2.50. The van der Waals surface area contributed by atoms with Crippen LogP contribution in [0.3, 0.4) is 0 Å². The zero-order chi connectivity index (χ0) is 12.8. The molecule has 0 spiro atoms. The number of carbonyl (C=O) groups excluding carboxylic acids is 1. The first-order chi connectivity index (χ1) is 8.60. The smallest absolute Gasteiger partial charge is 0.242 e. The summed E-state index contributed by atoms with van der Waals surface area (Å²) in [4.78, 5) is 14.3. The third kappa shape index (κ3) is 2.63. The van der Waals surface area contributed by atoms with E-state index in [2.05, 4.69) is 31.2 Å². The minimum Gasteiger partial charge on any atom is -0.338 e. The van der Waals surface area contributed by atoms with Gasteiger partial charge in [-0.05, 0) is 31.7 Å². The van der Waals surface area contributed by atoms with Crippen LogP contribution in [0.2, 0.25) is 0 Å². The van der Waals surface area contributed by atoms with Crippen LogP contribution in [0, 0.1) is 0 Å². The molecule has 2 fully saturated rings. The monoisotopic (exact) mass is 280 g/mol. The molecule has 19 heavy (non-hydrogen) atoms. The molecule has 1 aromatic rings. The quantitative estimate of drug-likeness (QED) is 0.904. The van der Waals surface area contributed by atoms with E-state index >= 15 is 0 Å². The number of nitrogens with two attached hydrogens (primary N) is 1. The molecule has 3 nitrogen and oxygen atoms in total. The molecule has 3 rings (SSSR count). The highest BCUT2D eigenvalue weighted by atomic mass is 35.5. The van der Waals surface area contributed by atoms with Gasteiger partial charge in [0.15, 0.2) is 0 Å². The van der Waals surface area contributed by atoms with Crippen LogP contribution < -0.4 is 5.73 Å². The van der Waals surface area contributed by atoms with Crippen molar-refractivity contribution in [2.45, 2.75) is 43.7 Å². The Morgan fingerprint density at radius 2 is 1.95 bits per heavy atom. The van der Waals surface area contributed by atoms with E-state index in [1.54, 1.807) is 0 Å². The largest absolute Gasteiger partial charge is 0.338 e. The number of hydrogen-bond donors (Lipinski definition) is 1. The Kier molecular flexibility index (Phi) is 3.88. The van der Waals surface area contributed by atoms with Crippen molar-refractivity contribution in [1.29, 1.82) is 0 Å². The first-order valence-corrected chi connectivity index (χ1v) is 6.75. The fraction of sp³-hybridized carbons (Fsp3) is 0.533. The Morgan fingerprint density at radius 3 is 2.53 bits per heavy atom. The number of nitrogens with zero attached hydrogens (tertiary/aromatic N) is 1. The zero-order valence-electron chi connectivity index (χ0n) is 11.2. The van der Waals surface area contributed by atoms with Gasteiger partial charge < -0.3 is 10.6 Å². The van der Waals surface area contributed by atoms with Gasteiger partial charge >= 0.3 is 0 Å². The molecule has 1 aromatic carbocycles. The molecule has 1 aliphatic carbocycles. The van der Waals surface area contributed by atoms with Crippen LogP contribution >= 0.6 is 12.4 Å². The Labute approximate surface area is 120 Å². The van der Waals surface area contributed by atoms with Crippen molar-refractivity contribution in [3.8, 4) is 0 Å². The maximum atomic E-state index is 12.3. The number of hydrogen-bond acceptors (Lipinski definition) is 2. The van der Waals surface area contributed by atoms with Crippen molar-refractivity contribution in [3.63, 3.8) is 0 Å². The fourth-order valence-corrected chi connectivity index (χ4v) is 2.92. The summed E-state index contributed by atoms with van der Waals surface area (Å²) in [5.41, 5.74) is 6.83. The molecule has 2 N–H and O–H groups in total. The number of benzene rings is 1. The van der Waals surface area contributed by atoms with E-state index in [9.17, 15) is 4.79 Å². The lowest BCUT2D eigenvalue weighted by Crippen LogP contribution is -2.47. The van der Waals surface area contributed by atoms with E-state index in [1.165, 1.54) is 5.56 Å². The highest BCUT2D eigenvalue weighted by molar-refractivity contribution is 5.89. The molecule has 0 bridgehead atoms. The summed E-state index contributed by atoms with van der Waals surface area (Å²) < 4.78 is 0. The summed E-state index contributed by atoms with van der Waals surface area (Å²) in [5.74, 6) is 0.626. The van der Waals surface area contributed by atoms with Gasteiger partial charge in [0.05, 0.1) is 5.54 Å². The molecule has 2 aliphatic rings. The second kappa shape index (κ2) is 5.14. The Morgan fingerprint density at radius 1 is 1.32 bits per heavy atom. The first-order valence-electron chi connectivity index (χ1n) is 6.75. The van der Waals surface area contributed by atoms with Crippen LogP contribution in [-0.2, 0) is 4.79 Å². The highest BCUT2D eigenvalue weighted by Crippen LogP contribution is 2.39. The van der Waals surface area contributed by atoms with E-state index in [-0.39, 0.29) is 18.3 Å². The lowest BCUT2D eigenvalue weighted by molar-refractivity contribution is -0.134. The SMILES string of the molecule is CC1CC(c2ccccc2)CN1C(=O)C1(N)CC1.Cl. The van der Waals surface area contributed by atoms with Gasteiger partial charge in [-0.1, -0.05) is 30.3 Å². The fourth-order valence-electron chi connectivity index (χ4n) is 2.92. The molecule has 1 saturated carbocycles. The van der Waals surface area contributed by atoms with E-state index < -0.39 is 5.54 Å². The van der Waals surface area contributed by atoms with E-state index in [4.69, 9.17) is 5.73 Å². The normalized spacial score (nSPS) is 27.8. The predicted octanol–water partition coefficient (Wildman–Crippen LogP) is 2.30. The first kappa shape index (κ1) is 14.4. The molecule has 2 atom stereocenters. The van der Waals surface area contributed by atoms with Gasteiger partial charge in [0, 0.05) is 18.5 Å². The molecule has 1 heterocycles. The second-order valence-corrected chi connectivity index (χ2v) is 5.81. The summed E-state index contributed by atoms with van der Waals surface area (Å²) in [6, 6.07) is 10.8. The maximum Gasteiger partial charge on any atom is 0.242 e. The summed E-state index contributed by atoms with van der Waals surface area (Å²) in [5, 5.41) is 0. The maximum absolute atomic E-state index is 12.3. The standard InChI is InChI=1S/C15H20N2O.ClH/c1-11-9-13(12-5-3-2-4-6-12)10-17(11)14(18)15(16)7-8-15;/h2-6,11,13H,7-10,16H2,1H3;1H. The lowest BCUT2D eigenvalue weighted by atomic mass is 9.97. The summed E-state index contributed by atoms with van der Waals surface area (Å²) in [6.07, 6.45) is 2.75. The van der Waals surface area contributed by atoms with Gasteiger partial charge in [-0.15, -0.1) is 12.4 Å². The summed E-state index contributed by atoms with van der Waals surface area (Å²) >= 11 is 0. The number of halogens is 1. The van der Waals surface area contributed by atoms with Crippen LogP contribution in [0.4, 0.5) is 0 Å². The van der Waals surface area contributed by atoms with Gasteiger partial charge in [-0.3, -0.25) is 4.79 Å². The van der Waals surface area contributed by atoms with E-state index in [1.807, 2.05) is 11.0 Å². The van der Waals surface area contributed by atoms with Crippen LogP contribution in [0.5, 0.6) is 0 Å². The van der Waals surface area contributed by atoms with Gasteiger partial charge in [0.2, 0.25) is 5.91 Å². The molecule has 0 radical (unpaired) electrons. The number of likely N-dealkylation sites (tertiary alicyclic amines) is 1. The summed E-state index contributed by atoms with van der Waals surface area (Å²) in [7, 11) is 0. The summed E-state index contributed by atoms with van der Waals surface area (Å²) in [6.45, 7) is 2.95. The molecular formula is C15H21ClN2O. The van der Waals surface area contributed by atoms with Gasteiger partial charge in [-0.25, -0.2) is 0 Å². The average molecular weight is 281 g/mol. The molecule has 2 unspecified atom stereocenters. The predicted molar refractivity (Wildman–Crippen MR) is 78.4 cm³/mol. The molecular weight excluding hydrogens is 260 g/mol. The molecule has 1 saturated heterocycles. The number of amides is 1. The van der Waals surface area contributed by atoms with Crippen molar-refractivity contribution in [2.75, 3.05) is 6.54 Å². The van der Waals surface area contributed by atoms with Crippen molar-refractivity contribution in [2.24, 2.45) is 5.73 Å². The Hall–Kier alpha value is -1.06. The number of carbonyl (C=O) groups is 1. The average Bonchev–Trinajstić information content (AvgIpc) is 3.02. The van der Waals surface area contributed by atoms with Crippen molar-refractivity contribution >= 4 is 18.3 Å². The molecule has 1 aliphatic heterocycles. The minimum absolute atomic E-state index is 0. The molecule has 4 heteroatoms. The van der Waals surface area contributed by atoms with Crippen LogP contribution in [0.15, 0.2) is 30.3 Å². The van der Waals surface area contributed by atoms with Crippen molar-refractivity contribution in [3.05, 3.63) is 35.9 Å². The Balaban J connectivity index is 0.00000133. The third-order valence-electron chi connectivity index (χ3n) is 4.32. The molecule has 0 aromatic heterocycles. The van der Waals surface area contributed by atoms with Crippen LogP contribution in [0.25, 0.3) is 0 Å². The topological polar surface area (TPSA) is 46.3 Å². The zero-order valence-corrected chi connectivity index (χ0v) is 12.0. The number of rotatable bonds is 2. The van der Waals surface area contributed by atoms with Crippen molar-refractivity contribution in [1.82, 2.24) is 4.90 Å². The van der Waals surface area contributed by atoms with Gasteiger partial charge in [0.25, 0.3) is 0 Å². The second-order valence-electron chi connectivity index (χ2n) is 5.81. The van der Waals surface area contributed by atoms with Crippen molar-refractivity contribution < 1.29 is 4.79 Å². The molecule has 1 amide bonds. The van der Waals surface area contributed by atoms with Gasteiger partial charge in [-0.2, -0.15) is 0 Å². The lowest BCUT2D eigenvalue weighted by Gasteiger charge is -2.24. The minimum atomic E-state index is -0.528. The van der Waals surface area contributed by atoms with Crippen LogP contribution in [0.1, 0.15) is 37.7 Å². The van der Waals surface area contributed by atoms with Crippen LogP contribution in [-0.4, -0.2) is 28.9 Å². The van der Waals surface area contributed by atoms with Gasteiger partial charge in [0.1, 0.15) is 0 Å². The molecule has 104 valence electrons.